The van der Waals surface area contributed by atoms with Gasteiger partial charge in [-0.25, -0.2) is 12.7 Å². The lowest BCUT2D eigenvalue weighted by Gasteiger charge is -2.39. The van der Waals surface area contributed by atoms with Crippen molar-refractivity contribution in [1.82, 2.24) is 9.62 Å². The van der Waals surface area contributed by atoms with E-state index in [1.807, 2.05) is 12.1 Å². The van der Waals surface area contributed by atoms with Crippen LogP contribution in [-0.4, -0.2) is 31.6 Å². The van der Waals surface area contributed by atoms with E-state index in [0.29, 0.717) is 19.6 Å². The lowest BCUT2D eigenvalue weighted by molar-refractivity contribution is 0.219. The van der Waals surface area contributed by atoms with Gasteiger partial charge in [-0.3, -0.25) is 0 Å². The number of benzene rings is 1. The maximum atomic E-state index is 12.2. The van der Waals surface area contributed by atoms with Crippen LogP contribution in [0, 0.1) is 0 Å². The predicted molar refractivity (Wildman–Crippen MR) is 101 cm³/mol. The standard InChI is InChI=1S/C20H26N2O3S/c1-2-26(23,24)22-11-9-20(10-12-22)14-19(17-7-3-4-8-18(17)20)21-15-16-6-5-13-25-16/h3-8,13,19,21H,2,9-12,14-15H2,1H3/t19-/m1/s1. The van der Waals surface area contributed by atoms with Gasteiger partial charge < -0.3 is 9.73 Å². The Bertz CT molecular complexity index is 853. The molecule has 4 rings (SSSR count). The van der Waals surface area contributed by atoms with Gasteiger partial charge in [-0.15, -0.1) is 0 Å². The molecule has 2 aliphatic rings. The second-order valence-electron chi connectivity index (χ2n) is 7.38. The third kappa shape index (κ3) is 3.10. The fourth-order valence-electron chi connectivity index (χ4n) is 4.56. The van der Waals surface area contributed by atoms with Crippen LogP contribution < -0.4 is 5.32 Å². The van der Waals surface area contributed by atoms with E-state index >= 15 is 0 Å². The summed E-state index contributed by atoms with van der Waals surface area (Å²) in [5.74, 6) is 1.12. The summed E-state index contributed by atoms with van der Waals surface area (Å²) in [6, 6.07) is 12.8. The Hall–Kier alpha value is -1.63. The lowest BCUT2D eigenvalue weighted by atomic mass is 9.74. The average Bonchev–Trinajstić information content (AvgIpc) is 3.28. The van der Waals surface area contributed by atoms with E-state index in [9.17, 15) is 8.42 Å². The molecule has 2 aromatic rings. The summed E-state index contributed by atoms with van der Waals surface area (Å²) in [6.07, 6.45) is 4.50. The van der Waals surface area contributed by atoms with Gasteiger partial charge in [-0.1, -0.05) is 24.3 Å². The van der Waals surface area contributed by atoms with Gasteiger partial charge in [0.2, 0.25) is 10.0 Å². The number of hydrogen-bond acceptors (Lipinski definition) is 4. The molecular formula is C20H26N2O3S. The minimum absolute atomic E-state index is 0.0805. The monoisotopic (exact) mass is 374 g/mol. The maximum Gasteiger partial charge on any atom is 0.213 e. The van der Waals surface area contributed by atoms with Crippen molar-refractivity contribution < 1.29 is 12.8 Å². The Kier molecular flexibility index (Phi) is 4.67. The van der Waals surface area contributed by atoms with E-state index in [1.54, 1.807) is 17.5 Å². The highest BCUT2D eigenvalue weighted by Gasteiger charge is 2.46. The highest BCUT2D eigenvalue weighted by atomic mass is 32.2. The van der Waals surface area contributed by atoms with Crippen LogP contribution in [0.2, 0.25) is 0 Å². The molecule has 0 amide bonds. The van der Waals surface area contributed by atoms with Gasteiger partial charge in [0.05, 0.1) is 18.6 Å². The molecule has 1 aliphatic carbocycles. The van der Waals surface area contributed by atoms with E-state index < -0.39 is 10.0 Å². The van der Waals surface area contributed by atoms with E-state index in [0.717, 1.165) is 25.0 Å². The maximum absolute atomic E-state index is 12.2. The smallest absolute Gasteiger partial charge is 0.213 e. The number of sulfonamides is 1. The first kappa shape index (κ1) is 17.8. The minimum Gasteiger partial charge on any atom is -0.468 e. The summed E-state index contributed by atoms with van der Waals surface area (Å²) in [5.41, 5.74) is 2.83. The molecule has 26 heavy (non-hydrogen) atoms. The summed E-state index contributed by atoms with van der Waals surface area (Å²) >= 11 is 0. The van der Waals surface area contributed by atoms with Gasteiger partial charge in [0.15, 0.2) is 0 Å². The summed E-state index contributed by atoms with van der Waals surface area (Å²) in [4.78, 5) is 0. The van der Waals surface area contributed by atoms with Crippen molar-refractivity contribution in [2.45, 2.75) is 44.2 Å². The van der Waals surface area contributed by atoms with Gasteiger partial charge in [-0.05, 0) is 54.9 Å². The third-order valence-electron chi connectivity index (χ3n) is 6.04. The Labute approximate surface area is 155 Å². The molecule has 0 unspecified atom stereocenters. The topological polar surface area (TPSA) is 62.6 Å². The van der Waals surface area contributed by atoms with E-state index in [1.165, 1.54) is 11.1 Å². The summed E-state index contributed by atoms with van der Waals surface area (Å²) in [5, 5.41) is 3.64. The van der Waals surface area contributed by atoms with Crippen molar-refractivity contribution in [3.63, 3.8) is 0 Å². The Balaban J connectivity index is 1.53. The first-order chi connectivity index (χ1) is 12.5. The molecular weight excluding hydrogens is 348 g/mol. The molecule has 1 N–H and O–H groups in total. The first-order valence-corrected chi connectivity index (χ1v) is 11.0. The molecule has 1 spiro atoms. The SMILES string of the molecule is CCS(=O)(=O)N1CCC2(CC1)C[C@@H](NCc1ccco1)c1ccccc12. The Morgan fingerprint density at radius 3 is 2.65 bits per heavy atom. The predicted octanol–water partition coefficient (Wildman–Crippen LogP) is 3.20. The number of rotatable bonds is 5. The van der Waals surface area contributed by atoms with Crippen LogP contribution in [0.3, 0.4) is 0 Å². The molecule has 1 saturated heterocycles. The van der Waals surface area contributed by atoms with Gasteiger partial charge in [-0.2, -0.15) is 0 Å². The zero-order valence-corrected chi connectivity index (χ0v) is 16.0. The number of furan rings is 1. The second kappa shape index (κ2) is 6.83. The van der Waals surface area contributed by atoms with E-state index in [-0.39, 0.29) is 17.2 Å². The Morgan fingerprint density at radius 2 is 1.96 bits per heavy atom. The fraction of sp³-hybridized carbons (Fsp3) is 0.500. The van der Waals surface area contributed by atoms with Crippen molar-refractivity contribution >= 4 is 10.0 Å². The van der Waals surface area contributed by atoms with Crippen LogP contribution in [-0.2, 0) is 22.0 Å². The number of hydrogen-bond donors (Lipinski definition) is 1. The van der Waals surface area contributed by atoms with Gasteiger partial charge >= 0.3 is 0 Å². The quantitative estimate of drug-likeness (QED) is 0.873. The van der Waals surface area contributed by atoms with E-state index in [4.69, 9.17) is 4.42 Å². The molecule has 1 aromatic carbocycles. The molecule has 0 radical (unpaired) electrons. The molecule has 1 fully saturated rings. The largest absolute Gasteiger partial charge is 0.468 e. The van der Waals surface area contributed by atoms with Gasteiger partial charge in [0.25, 0.3) is 0 Å². The van der Waals surface area contributed by atoms with Crippen molar-refractivity contribution in [2.24, 2.45) is 0 Å². The summed E-state index contributed by atoms with van der Waals surface area (Å²) in [6.45, 7) is 3.67. The fourth-order valence-corrected chi connectivity index (χ4v) is 5.67. The highest BCUT2D eigenvalue weighted by Crippen LogP contribution is 2.51. The number of nitrogens with one attached hydrogen (secondary N) is 1. The molecule has 0 saturated carbocycles. The zero-order valence-electron chi connectivity index (χ0n) is 15.1. The molecule has 1 aromatic heterocycles. The highest BCUT2D eigenvalue weighted by molar-refractivity contribution is 7.89. The lowest BCUT2D eigenvalue weighted by Crippen LogP contribution is -2.45. The molecule has 5 nitrogen and oxygen atoms in total. The average molecular weight is 375 g/mol. The van der Waals surface area contributed by atoms with Crippen LogP contribution in [0.4, 0.5) is 0 Å². The van der Waals surface area contributed by atoms with Crippen molar-refractivity contribution in [2.75, 3.05) is 18.8 Å². The summed E-state index contributed by atoms with van der Waals surface area (Å²) in [7, 11) is -3.09. The number of piperidine rings is 1. The molecule has 6 heteroatoms. The Morgan fingerprint density at radius 1 is 1.19 bits per heavy atom. The number of fused-ring (bicyclic) bond motifs is 2. The minimum atomic E-state index is -3.09. The molecule has 0 bridgehead atoms. The van der Waals surface area contributed by atoms with Crippen LogP contribution in [0.15, 0.2) is 47.1 Å². The van der Waals surface area contributed by atoms with Crippen LogP contribution in [0.1, 0.15) is 49.1 Å². The molecule has 140 valence electrons. The van der Waals surface area contributed by atoms with Gasteiger partial charge in [0, 0.05) is 19.1 Å². The molecule has 1 atom stereocenters. The first-order valence-electron chi connectivity index (χ1n) is 9.37. The van der Waals surface area contributed by atoms with E-state index in [2.05, 4.69) is 29.6 Å². The second-order valence-corrected chi connectivity index (χ2v) is 9.64. The summed E-state index contributed by atoms with van der Waals surface area (Å²) < 4.78 is 31.5. The van der Waals surface area contributed by atoms with Crippen molar-refractivity contribution in [3.8, 4) is 0 Å². The van der Waals surface area contributed by atoms with Crippen LogP contribution in [0.25, 0.3) is 0 Å². The van der Waals surface area contributed by atoms with Crippen molar-refractivity contribution in [1.29, 1.82) is 0 Å². The molecule has 1 aliphatic heterocycles. The number of nitrogens with zero attached hydrogens (tertiary/aromatic N) is 1. The normalized spacial score (nSPS) is 22.6. The van der Waals surface area contributed by atoms with Gasteiger partial charge in [0.1, 0.15) is 5.76 Å². The van der Waals surface area contributed by atoms with Crippen molar-refractivity contribution in [3.05, 3.63) is 59.5 Å². The molecule has 2 heterocycles. The third-order valence-corrected chi connectivity index (χ3v) is 7.92. The van der Waals surface area contributed by atoms with Crippen LogP contribution in [0.5, 0.6) is 0 Å². The zero-order chi connectivity index (χ0) is 18.2. The van der Waals surface area contributed by atoms with Crippen LogP contribution >= 0.6 is 0 Å².